The Kier molecular flexibility index (Phi) is 3.16. The fourth-order valence-corrected chi connectivity index (χ4v) is 2.73. The molecule has 18 heavy (non-hydrogen) atoms. The Morgan fingerprint density at radius 1 is 1.56 bits per heavy atom. The second-order valence-electron chi connectivity index (χ2n) is 4.08. The number of nitrogens with zero attached hydrogens (tertiary/aromatic N) is 3. The number of halogens is 1. The number of hydrogen-bond acceptors (Lipinski definition) is 6. The summed E-state index contributed by atoms with van der Waals surface area (Å²) in [6.45, 7) is 0.0865. The number of anilines is 2. The first-order valence-corrected chi connectivity index (χ1v) is 6.70. The van der Waals surface area contributed by atoms with E-state index in [9.17, 15) is 17.1 Å². The van der Waals surface area contributed by atoms with Crippen LogP contribution in [0.25, 0.3) is 0 Å². The molecule has 9 heteroatoms. The minimum atomic E-state index is -4.59. The summed E-state index contributed by atoms with van der Waals surface area (Å²) in [7, 11) is -4.59. The number of amides is 1. The van der Waals surface area contributed by atoms with Gasteiger partial charge in [-0.1, -0.05) is 0 Å². The van der Waals surface area contributed by atoms with Gasteiger partial charge in [0.25, 0.3) is 0 Å². The lowest BCUT2D eigenvalue weighted by atomic mass is 10.1. The van der Waals surface area contributed by atoms with E-state index in [0.29, 0.717) is 0 Å². The Balaban J connectivity index is 2.18. The van der Waals surface area contributed by atoms with Crippen LogP contribution >= 0.6 is 0 Å². The van der Waals surface area contributed by atoms with E-state index in [0.717, 1.165) is 0 Å². The van der Waals surface area contributed by atoms with Crippen LogP contribution in [0.2, 0.25) is 0 Å². The van der Waals surface area contributed by atoms with Crippen molar-refractivity contribution in [2.45, 2.75) is 6.42 Å². The molecule has 1 amide bonds. The van der Waals surface area contributed by atoms with E-state index in [4.69, 9.17) is 5.73 Å². The van der Waals surface area contributed by atoms with E-state index < -0.39 is 21.9 Å². The van der Waals surface area contributed by atoms with Gasteiger partial charge in [-0.05, 0) is 0 Å². The highest BCUT2D eigenvalue weighted by molar-refractivity contribution is 7.86. The summed E-state index contributed by atoms with van der Waals surface area (Å²) in [6.07, 6.45) is 2.54. The zero-order valence-electron chi connectivity index (χ0n) is 9.28. The molecular formula is C9H11FN4O3S. The van der Waals surface area contributed by atoms with Crippen LogP contribution in [-0.2, 0) is 15.0 Å². The molecule has 0 aromatic carbocycles. The smallest absolute Gasteiger partial charge is 0.302 e. The maximum Gasteiger partial charge on any atom is 0.302 e. The van der Waals surface area contributed by atoms with Gasteiger partial charge in [0.05, 0.1) is 17.6 Å². The molecule has 1 aliphatic heterocycles. The molecule has 1 aromatic heterocycles. The Morgan fingerprint density at radius 2 is 2.28 bits per heavy atom. The third kappa shape index (κ3) is 2.73. The SMILES string of the molecule is Nc1cncnc1N1CC(CS(=O)(=O)F)CC1=O. The van der Waals surface area contributed by atoms with Crippen LogP contribution in [0.5, 0.6) is 0 Å². The van der Waals surface area contributed by atoms with Gasteiger partial charge in [-0.15, -0.1) is 3.89 Å². The van der Waals surface area contributed by atoms with Crippen molar-refractivity contribution in [1.82, 2.24) is 9.97 Å². The number of nitrogens with two attached hydrogens (primary N) is 1. The minimum Gasteiger partial charge on any atom is -0.394 e. The van der Waals surface area contributed by atoms with Gasteiger partial charge >= 0.3 is 10.2 Å². The van der Waals surface area contributed by atoms with Crippen molar-refractivity contribution in [1.29, 1.82) is 0 Å². The van der Waals surface area contributed by atoms with Gasteiger partial charge in [0, 0.05) is 18.9 Å². The van der Waals surface area contributed by atoms with E-state index in [2.05, 4.69) is 9.97 Å². The standard InChI is InChI=1S/C9H11FN4O3S/c10-18(16,17)4-6-1-8(15)14(3-6)9-7(11)2-12-5-13-9/h2,5-6H,1,3-4,11H2. The zero-order valence-corrected chi connectivity index (χ0v) is 10.1. The second kappa shape index (κ2) is 4.48. The molecule has 0 saturated carbocycles. The Bertz CT molecular complexity index is 577. The topological polar surface area (TPSA) is 106 Å². The first-order valence-electron chi connectivity index (χ1n) is 5.15. The number of hydrogen-bond donors (Lipinski definition) is 1. The lowest BCUT2D eigenvalue weighted by Crippen LogP contribution is -2.27. The third-order valence-corrected chi connectivity index (χ3v) is 3.48. The van der Waals surface area contributed by atoms with E-state index in [1.165, 1.54) is 17.4 Å². The molecule has 98 valence electrons. The second-order valence-corrected chi connectivity index (χ2v) is 5.49. The predicted octanol–water partition coefficient (Wildman–Crippen LogP) is -0.289. The van der Waals surface area contributed by atoms with E-state index >= 15 is 0 Å². The van der Waals surface area contributed by atoms with Crippen molar-refractivity contribution in [3.8, 4) is 0 Å². The molecule has 1 fully saturated rings. The summed E-state index contributed by atoms with van der Waals surface area (Å²) in [6, 6.07) is 0. The number of carbonyl (C=O) groups excluding carboxylic acids is 1. The van der Waals surface area contributed by atoms with Crippen molar-refractivity contribution in [3.05, 3.63) is 12.5 Å². The molecule has 2 rings (SSSR count). The normalized spacial score (nSPS) is 20.4. The summed E-state index contributed by atoms with van der Waals surface area (Å²) in [5.74, 6) is -1.34. The summed E-state index contributed by atoms with van der Waals surface area (Å²) in [4.78, 5) is 20.5. The quantitative estimate of drug-likeness (QED) is 0.759. The number of nitrogen functional groups attached to an aromatic ring is 1. The van der Waals surface area contributed by atoms with Gasteiger partial charge in [0.1, 0.15) is 6.33 Å². The van der Waals surface area contributed by atoms with Crippen molar-refractivity contribution in [3.63, 3.8) is 0 Å². The van der Waals surface area contributed by atoms with Crippen LogP contribution in [0.4, 0.5) is 15.4 Å². The fraction of sp³-hybridized carbons (Fsp3) is 0.444. The van der Waals surface area contributed by atoms with Crippen molar-refractivity contribution < 1.29 is 17.1 Å². The van der Waals surface area contributed by atoms with Crippen molar-refractivity contribution in [2.24, 2.45) is 5.92 Å². The van der Waals surface area contributed by atoms with Gasteiger partial charge in [0.2, 0.25) is 5.91 Å². The molecule has 1 atom stereocenters. The number of rotatable bonds is 3. The Labute approximate surface area is 103 Å². The van der Waals surface area contributed by atoms with Gasteiger partial charge in [-0.25, -0.2) is 9.97 Å². The number of carbonyl (C=O) groups is 1. The predicted molar refractivity (Wildman–Crippen MR) is 61.8 cm³/mol. The first kappa shape index (κ1) is 12.7. The third-order valence-electron chi connectivity index (χ3n) is 2.61. The van der Waals surface area contributed by atoms with Gasteiger partial charge < -0.3 is 5.73 Å². The Morgan fingerprint density at radius 3 is 2.89 bits per heavy atom. The summed E-state index contributed by atoms with van der Waals surface area (Å²) >= 11 is 0. The van der Waals surface area contributed by atoms with E-state index in [-0.39, 0.29) is 30.4 Å². The van der Waals surface area contributed by atoms with Crippen molar-refractivity contribution in [2.75, 3.05) is 22.9 Å². The maximum atomic E-state index is 12.6. The summed E-state index contributed by atoms with van der Waals surface area (Å²) in [5, 5.41) is 0. The average molecular weight is 274 g/mol. The lowest BCUT2D eigenvalue weighted by molar-refractivity contribution is -0.117. The summed E-state index contributed by atoms with van der Waals surface area (Å²) < 4.78 is 33.7. The van der Waals surface area contributed by atoms with Crippen LogP contribution in [0.15, 0.2) is 12.5 Å². The van der Waals surface area contributed by atoms with Crippen LogP contribution < -0.4 is 10.6 Å². The van der Waals surface area contributed by atoms with Gasteiger partial charge in [-0.3, -0.25) is 9.69 Å². The minimum absolute atomic E-state index is 0.0351. The molecule has 2 heterocycles. The largest absolute Gasteiger partial charge is 0.394 e. The molecule has 0 aliphatic carbocycles. The fourth-order valence-electron chi connectivity index (χ4n) is 1.94. The zero-order chi connectivity index (χ0) is 13.3. The Hall–Kier alpha value is -1.77. The number of aromatic nitrogens is 2. The van der Waals surface area contributed by atoms with Crippen LogP contribution in [0.3, 0.4) is 0 Å². The molecule has 2 N–H and O–H groups in total. The van der Waals surface area contributed by atoms with Crippen LogP contribution in [0.1, 0.15) is 6.42 Å². The van der Waals surface area contributed by atoms with E-state index in [1.807, 2.05) is 0 Å². The monoisotopic (exact) mass is 274 g/mol. The van der Waals surface area contributed by atoms with E-state index in [1.54, 1.807) is 0 Å². The molecule has 1 saturated heterocycles. The maximum absolute atomic E-state index is 12.6. The molecular weight excluding hydrogens is 263 g/mol. The molecule has 1 aliphatic rings. The molecule has 0 bridgehead atoms. The lowest BCUT2D eigenvalue weighted by Gasteiger charge is -2.16. The highest BCUT2D eigenvalue weighted by Crippen LogP contribution is 2.27. The molecule has 7 nitrogen and oxygen atoms in total. The highest BCUT2D eigenvalue weighted by Gasteiger charge is 2.35. The van der Waals surface area contributed by atoms with Crippen molar-refractivity contribution >= 4 is 27.6 Å². The molecule has 1 unspecified atom stereocenters. The van der Waals surface area contributed by atoms with Gasteiger partial charge in [-0.2, -0.15) is 8.42 Å². The molecule has 1 aromatic rings. The van der Waals surface area contributed by atoms with Crippen LogP contribution in [0, 0.1) is 5.92 Å². The average Bonchev–Trinajstić information content (AvgIpc) is 2.57. The first-order chi connectivity index (χ1) is 8.37. The molecule has 0 radical (unpaired) electrons. The van der Waals surface area contributed by atoms with Gasteiger partial charge in [0.15, 0.2) is 5.82 Å². The highest BCUT2D eigenvalue weighted by atomic mass is 32.3. The van der Waals surface area contributed by atoms with Crippen LogP contribution in [-0.4, -0.2) is 36.6 Å². The summed E-state index contributed by atoms with van der Waals surface area (Å²) in [5.41, 5.74) is 5.84. The molecule has 0 spiro atoms.